The van der Waals surface area contributed by atoms with E-state index in [1.54, 1.807) is 7.05 Å². The number of nitriles is 1. The summed E-state index contributed by atoms with van der Waals surface area (Å²) in [5, 5.41) is 15.9. The van der Waals surface area contributed by atoms with Crippen molar-refractivity contribution in [2.75, 3.05) is 6.26 Å². The molecule has 0 bridgehead atoms. The summed E-state index contributed by atoms with van der Waals surface area (Å²) in [5.41, 5.74) is -0.916. The minimum absolute atomic E-state index is 0.00637. The third-order valence-electron chi connectivity index (χ3n) is 3.54. The predicted molar refractivity (Wildman–Crippen MR) is 77.6 cm³/mol. The Morgan fingerprint density at radius 1 is 1.45 bits per heavy atom. The van der Waals surface area contributed by atoms with Crippen LogP contribution < -0.4 is 9.50 Å². The average molecular weight is 326 g/mol. The molecular formula is C13H18N4O4S. The van der Waals surface area contributed by atoms with Crippen LogP contribution in [0.2, 0.25) is 0 Å². The molecule has 1 N–H and O–H groups in total. The van der Waals surface area contributed by atoms with Gasteiger partial charge in [0.05, 0.1) is 12.3 Å². The maximum Gasteiger partial charge on any atom is 0.307 e. The van der Waals surface area contributed by atoms with Crippen LogP contribution in [0.15, 0.2) is 6.20 Å². The molecule has 1 saturated carbocycles. The average Bonchev–Trinajstić information content (AvgIpc) is 2.78. The van der Waals surface area contributed by atoms with Crippen molar-refractivity contribution in [3.8, 4) is 11.9 Å². The molecule has 22 heavy (non-hydrogen) atoms. The summed E-state index contributed by atoms with van der Waals surface area (Å²) in [4.78, 5) is 12.4. The van der Waals surface area contributed by atoms with Gasteiger partial charge in [0.1, 0.15) is 11.1 Å². The van der Waals surface area contributed by atoms with E-state index >= 15 is 0 Å². The zero-order valence-corrected chi connectivity index (χ0v) is 13.3. The topological polar surface area (TPSA) is 114 Å². The summed E-state index contributed by atoms with van der Waals surface area (Å²) in [6.07, 6.45) is 6.18. The van der Waals surface area contributed by atoms with Crippen molar-refractivity contribution in [3.63, 3.8) is 0 Å². The van der Waals surface area contributed by atoms with Crippen LogP contribution in [-0.4, -0.2) is 35.9 Å². The number of aromatic nitrogens is 2. The molecule has 1 heterocycles. The van der Waals surface area contributed by atoms with Crippen molar-refractivity contribution >= 4 is 16.0 Å². The largest absolute Gasteiger partial charge is 0.359 e. The number of carbonyl (C=O) groups excluding carboxylic acids is 1. The highest BCUT2D eigenvalue weighted by atomic mass is 32.2. The van der Waals surface area contributed by atoms with Crippen LogP contribution in [0.5, 0.6) is 5.88 Å². The Morgan fingerprint density at radius 2 is 2.09 bits per heavy atom. The molecule has 1 aromatic heterocycles. The number of hydrogen-bond acceptors (Lipinski definition) is 6. The molecule has 0 radical (unpaired) electrons. The molecule has 2 rings (SSSR count). The van der Waals surface area contributed by atoms with Crippen LogP contribution in [0.3, 0.4) is 0 Å². The summed E-state index contributed by atoms with van der Waals surface area (Å²) in [6.45, 7) is 0. The molecule has 1 fully saturated rings. The number of carbonyl (C=O) groups is 1. The standard InChI is InChI=1S/C13H18N4O4S/c1-17-8-10(12(16-17)21-22(2,19)20)11(18)15-13(9-14)6-4-3-5-7-13/h8H,3-7H2,1-2H3,(H,15,18). The molecule has 9 heteroatoms. The normalized spacial score (nSPS) is 17.5. The molecule has 0 aromatic carbocycles. The molecule has 0 aliphatic heterocycles. The molecule has 8 nitrogen and oxygen atoms in total. The van der Waals surface area contributed by atoms with E-state index < -0.39 is 21.6 Å². The van der Waals surface area contributed by atoms with Crippen molar-refractivity contribution in [3.05, 3.63) is 11.8 Å². The minimum atomic E-state index is -3.79. The van der Waals surface area contributed by atoms with Gasteiger partial charge in [0, 0.05) is 13.2 Å². The van der Waals surface area contributed by atoms with Gasteiger partial charge >= 0.3 is 10.1 Å². The lowest BCUT2D eigenvalue weighted by atomic mass is 9.82. The van der Waals surface area contributed by atoms with Gasteiger partial charge in [-0.3, -0.25) is 9.48 Å². The van der Waals surface area contributed by atoms with E-state index in [1.807, 2.05) is 0 Å². The van der Waals surface area contributed by atoms with Crippen LogP contribution in [0.25, 0.3) is 0 Å². The predicted octanol–water partition coefficient (Wildman–Crippen LogP) is 0.715. The minimum Gasteiger partial charge on any atom is -0.359 e. The Hall–Kier alpha value is -2.08. The highest BCUT2D eigenvalue weighted by molar-refractivity contribution is 7.86. The van der Waals surface area contributed by atoms with E-state index in [2.05, 4.69) is 16.5 Å². The molecule has 1 aliphatic carbocycles. The second-order valence-electron chi connectivity index (χ2n) is 5.52. The van der Waals surface area contributed by atoms with E-state index in [0.717, 1.165) is 25.5 Å². The zero-order valence-electron chi connectivity index (χ0n) is 12.5. The molecule has 0 saturated heterocycles. The number of hydrogen-bond donors (Lipinski definition) is 1. The van der Waals surface area contributed by atoms with Crippen molar-refractivity contribution < 1.29 is 17.4 Å². The van der Waals surface area contributed by atoms with E-state index in [0.29, 0.717) is 12.8 Å². The zero-order chi connectivity index (χ0) is 16.4. The second-order valence-corrected chi connectivity index (χ2v) is 7.09. The van der Waals surface area contributed by atoms with Gasteiger partial charge in [-0.1, -0.05) is 19.3 Å². The highest BCUT2D eigenvalue weighted by Crippen LogP contribution is 2.28. The second kappa shape index (κ2) is 5.96. The van der Waals surface area contributed by atoms with Crippen molar-refractivity contribution in [2.45, 2.75) is 37.6 Å². The third kappa shape index (κ3) is 3.76. The third-order valence-corrected chi connectivity index (χ3v) is 4.00. The molecule has 0 atom stereocenters. The molecule has 120 valence electrons. The van der Waals surface area contributed by atoms with Crippen LogP contribution in [-0.2, 0) is 17.2 Å². The summed E-state index contributed by atoms with van der Waals surface area (Å²) >= 11 is 0. The number of nitrogens with zero attached hydrogens (tertiary/aromatic N) is 3. The van der Waals surface area contributed by atoms with E-state index in [4.69, 9.17) is 4.18 Å². The molecule has 0 unspecified atom stereocenters. The summed E-state index contributed by atoms with van der Waals surface area (Å²) < 4.78 is 28.5. The van der Waals surface area contributed by atoms with Crippen LogP contribution >= 0.6 is 0 Å². The van der Waals surface area contributed by atoms with Gasteiger partial charge in [-0.05, 0) is 12.8 Å². The number of amides is 1. The molecule has 0 spiro atoms. The summed E-state index contributed by atoms with van der Waals surface area (Å²) in [5.74, 6) is -0.846. The molecule has 1 aliphatic rings. The van der Waals surface area contributed by atoms with Gasteiger partial charge in [0.15, 0.2) is 0 Å². The molecule has 1 amide bonds. The fourth-order valence-electron chi connectivity index (χ4n) is 2.53. The lowest BCUT2D eigenvalue weighted by Crippen LogP contribution is -2.48. The Bertz CT molecular complexity index is 711. The summed E-state index contributed by atoms with van der Waals surface area (Å²) in [6, 6.07) is 2.17. The first-order valence-corrected chi connectivity index (χ1v) is 8.73. The SMILES string of the molecule is Cn1cc(C(=O)NC2(C#N)CCCCC2)c(OS(C)(=O)=O)n1. The first-order chi connectivity index (χ1) is 10.2. The maximum absolute atomic E-state index is 12.4. The maximum atomic E-state index is 12.4. The van der Waals surface area contributed by atoms with Crippen molar-refractivity contribution in [1.82, 2.24) is 15.1 Å². The Balaban J connectivity index is 2.24. The molecule has 1 aromatic rings. The van der Waals surface area contributed by atoms with Gasteiger partial charge in [-0.15, -0.1) is 5.10 Å². The quantitative estimate of drug-likeness (QED) is 0.815. The van der Waals surface area contributed by atoms with Gasteiger partial charge in [-0.25, -0.2) is 0 Å². The van der Waals surface area contributed by atoms with Crippen LogP contribution in [0, 0.1) is 11.3 Å². The lowest BCUT2D eigenvalue weighted by Gasteiger charge is -2.31. The van der Waals surface area contributed by atoms with E-state index in [1.165, 1.54) is 10.9 Å². The van der Waals surface area contributed by atoms with Crippen molar-refractivity contribution in [1.29, 1.82) is 5.26 Å². The van der Waals surface area contributed by atoms with Crippen LogP contribution in [0.1, 0.15) is 42.5 Å². The van der Waals surface area contributed by atoms with Gasteiger partial charge in [0.25, 0.3) is 11.8 Å². The fourth-order valence-corrected chi connectivity index (χ4v) is 2.94. The highest BCUT2D eigenvalue weighted by Gasteiger charge is 2.35. The Labute approximate surface area is 129 Å². The number of rotatable bonds is 4. The van der Waals surface area contributed by atoms with Gasteiger partial charge in [-0.2, -0.15) is 13.7 Å². The smallest absolute Gasteiger partial charge is 0.307 e. The fraction of sp³-hybridized carbons (Fsp3) is 0.615. The van der Waals surface area contributed by atoms with Gasteiger partial charge in [0.2, 0.25) is 0 Å². The van der Waals surface area contributed by atoms with E-state index in [9.17, 15) is 18.5 Å². The number of aryl methyl sites for hydroxylation is 1. The molecular weight excluding hydrogens is 308 g/mol. The first kappa shape index (κ1) is 16.3. The van der Waals surface area contributed by atoms with Crippen molar-refractivity contribution in [2.24, 2.45) is 7.05 Å². The van der Waals surface area contributed by atoms with Crippen LogP contribution in [0.4, 0.5) is 0 Å². The van der Waals surface area contributed by atoms with E-state index in [-0.39, 0.29) is 11.4 Å². The lowest BCUT2D eigenvalue weighted by molar-refractivity contribution is 0.0901. The first-order valence-electron chi connectivity index (χ1n) is 6.91. The monoisotopic (exact) mass is 326 g/mol. The summed E-state index contributed by atoms with van der Waals surface area (Å²) in [7, 11) is -2.25. The Morgan fingerprint density at radius 3 is 2.64 bits per heavy atom. The number of nitrogens with one attached hydrogen (secondary N) is 1. The van der Waals surface area contributed by atoms with Gasteiger partial charge < -0.3 is 9.50 Å². The Kier molecular flexibility index (Phi) is 4.42.